The first kappa shape index (κ1) is 25.3. The average molecular weight is 514 g/mol. The van der Waals surface area contributed by atoms with Gasteiger partial charge in [-0.3, -0.25) is 9.36 Å². The first-order chi connectivity index (χ1) is 17.3. The number of ether oxygens (including phenoxy) is 2. The third-order valence-electron chi connectivity index (χ3n) is 5.92. The molecule has 190 valence electrons. The van der Waals surface area contributed by atoms with E-state index in [-0.39, 0.29) is 18.7 Å². The lowest BCUT2D eigenvalue weighted by Gasteiger charge is -2.16. The van der Waals surface area contributed by atoms with E-state index < -0.39 is 23.3 Å². The Hall–Kier alpha value is -3.79. The maximum atomic E-state index is 13.5. The maximum absolute atomic E-state index is 13.5. The van der Waals surface area contributed by atoms with Gasteiger partial charge in [0.15, 0.2) is 0 Å². The highest BCUT2D eigenvalue weighted by Crippen LogP contribution is 2.29. The van der Waals surface area contributed by atoms with Gasteiger partial charge in [-0.15, -0.1) is 0 Å². The fourth-order valence-corrected chi connectivity index (χ4v) is 3.75. The van der Waals surface area contributed by atoms with Crippen LogP contribution in [-0.4, -0.2) is 33.5 Å². The molecule has 11 heteroatoms. The molecule has 1 heterocycles. The molecule has 10 nitrogen and oxygen atoms in total. The van der Waals surface area contributed by atoms with Crippen molar-refractivity contribution in [3.63, 3.8) is 0 Å². The van der Waals surface area contributed by atoms with Gasteiger partial charge in [0, 0.05) is 11.6 Å². The van der Waals surface area contributed by atoms with E-state index >= 15 is 0 Å². The number of nitrogen functional groups attached to an aromatic ring is 1. The van der Waals surface area contributed by atoms with E-state index in [0.717, 1.165) is 14.8 Å². The molecule has 1 aliphatic carbocycles. The van der Waals surface area contributed by atoms with Crippen LogP contribution in [0.15, 0.2) is 63.1 Å². The van der Waals surface area contributed by atoms with Crippen LogP contribution in [0.3, 0.4) is 0 Å². The lowest BCUT2D eigenvalue weighted by atomic mass is 10.2. The zero-order valence-corrected chi connectivity index (χ0v) is 20.9. The monoisotopic (exact) mass is 513 g/mol. The highest BCUT2D eigenvalue weighted by Gasteiger charge is 2.22. The van der Waals surface area contributed by atoms with Crippen LogP contribution >= 0.6 is 11.6 Å². The molecule has 0 unspecified atom stereocenters. The molecule has 1 fully saturated rings. The second-order valence-corrected chi connectivity index (χ2v) is 9.28. The standard InChI is InChI=1S/C25H28ClN5O5/c1-16(22(32)35-2)13-30-24(33)29(14-17-5-7-19(26)8-6-17)23(31(27)25(30)34)28-20-9-11-21(12-10-20)36-15-18-3-4-18/h5-12,16,18H,3-4,13-15,27H2,1-2H3/b28-23-/t16-/m0/s1. The van der Waals surface area contributed by atoms with E-state index in [2.05, 4.69) is 4.99 Å². The van der Waals surface area contributed by atoms with Crippen molar-refractivity contribution in [3.8, 4) is 5.75 Å². The van der Waals surface area contributed by atoms with Crippen molar-refractivity contribution in [2.24, 2.45) is 16.8 Å². The average Bonchev–Trinajstić information content (AvgIpc) is 3.72. The predicted molar refractivity (Wildman–Crippen MR) is 135 cm³/mol. The lowest BCUT2D eigenvalue weighted by Crippen LogP contribution is -2.58. The number of hydrogen-bond donors (Lipinski definition) is 1. The summed E-state index contributed by atoms with van der Waals surface area (Å²) in [7, 11) is 1.24. The SMILES string of the molecule is COC(=O)[C@@H](C)Cn1c(=O)n(N)/c(=N\c2ccc(OCC3CC3)cc2)n(Cc2ccc(Cl)cc2)c1=O. The predicted octanol–water partition coefficient (Wildman–Crippen LogP) is 2.06. The lowest BCUT2D eigenvalue weighted by molar-refractivity contribution is -0.145. The summed E-state index contributed by atoms with van der Waals surface area (Å²) < 4.78 is 13.5. The molecule has 0 bridgehead atoms. The molecular formula is C25H28ClN5O5. The van der Waals surface area contributed by atoms with Gasteiger partial charge in [-0.25, -0.2) is 19.1 Å². The van der Waals surface area contributed by atoms with E-state index in [4.69, 9.17) is 26.9 Å². The number of esters is 1. The summed E-state index contributed by atoms with van der Waals surface area (Å²) in [5.74, 6) is 6.20. The highest BCUT2D eigenvalue weighted by atomic mass is 35.5. The van der Waals surface area contributed by atoms with Gasteiger partial charge in [-0.05, 0) is 60.7 Å². The van der Waals surface area contributed by atoms with E-state index in [1.54, 1.807) is 55.5 Å². The van der Waals surface area contributed by atoms with Crippen LogP contribution in [0, 0.1) is 11.8 Å². The van der Waals surface area contributed by atoms with Gasteiger partial charge in [-0.1, -0.05) is 30.7 Å². The molecule has 0 aliphatic heterocycles. The Labute approximate surface area is 212 Å². The van der Waals surface area contributed by atoms with Gasteiger partial charge < -0.3 is 15.3 Å². The number of aromatic nitrogens is 3. The number of nitrogens with two attached hydrogens (primary N) is 1. The Morgan fingerprint density at radius 3 is 2.36 bits per heavy atom. The smallest absolute Gasteiger partial charge is 0.353 e. The van der Waals surface area contributed by atoms with Crippen molar-refractivity contribution in [1.29, 1.82) is 0 Å². The van der Waals surface area contributed by atoms with Crippen LogP contribution in [0.1, 0.15) is 25.3 Å². The van der Waals surface area contributed by atoms with E-state index in [1.807, 2.05) is 0 Å². The number of rotatable bonds is 9. The first-order valence-corrected chi connectivity index (χ1v) is 12.0. The third-order valence-corrected chi connectivity index (χ3v) is 6.17. The largest absolute Gasteiger partial charge is 0.493 e. The molecule has 0 spiro atoms. The number of carbonyl (C=O) groups is 1. The van der Waals surface area contributed by atoms with Crippen molar-refractivity contribution < 1.29 is 14.3 Å². The molecular weight excluding hydrogens is 486 g/mol. The van der Waals surface area contributed by atoms with Crippen LogP contribution in [-0.2, 0) is 22.6 Å². The van der Waals surface area contributed by atoms with Crippen molar-refractivity contribution >= 4 is 23.3 Å². The Morgan fingerprint density at radius 1 is 1.08 bits per heavy atom. The molecule has 2 aromatic carbocycles. The van der Waals surface area contributed by atoms with E-state index in [0.29, 0.717) is 29.0 Å². The highest BCUT2D eigenvalue weighted by molar-refractivity contribution is 6.30. The van der Waals surface area contributed by atoms with Crippen LogP contribution in [0.4, 0.5) is 5.69 Å². The Morgan fingerprint density at radius 2 is 1.75 bits per heavy atom. The molecule has 0 radical (unpaired) electrons. The van der Waals surface area contributed by atoms with E-state index in [1.165, 1.54) is 24.5 Å². The molecule has 4 rings (SSSR count). The van der Waals surface area contributed by atoms with Crippen LogP contribution in [0.5, 0.6) is 5.75 Å². The molecule has 0 saturated heterocycles. The fourth-order valence-electron chi connectivity index (χ4n) is 3.62. The van der Waals surface area contributed by atoms with E-state index in [9.17, 15) is 14.4 Å². The Kier molecular flexibility index (Phi) is 7.64. The molecule has 3 aromatic rings. The van der Waals surface area contributed by atoms with Gasteiger partial charge in [0.05, 0.1) is 31.9 Å². The number of benzene rings is 2. The quantitative estimate of drug-likeness (QED) is 0.345. The maximum Gasteiger partial charge on any atom is 0.353 e. The van der Waals surface area contributed by atoms with Crippen LogP contribution in [0.2, 0.25) is 5.02 Å². The Bertz CT molecular complexity index is 1420. The number of hydrogen-bond acceptors (Lipinski definition) is 7. The van der Waals surface area contributed by atoms with Crippen molar-refractivity contribution in [2.75, 3.05) is 19.6 Å². The van der Waals surface area contributed by atoms with Crippen molar-refractivity contribution in [3.05, 3.63) is 85.7 Å². The number of methoxy groups -OCH3 is 1. The summed E-state index contributed by atoms with van der Waals surface area (Å²) in [6.45, 7) is 2.12. The first-order valence-electron chi connectivity index (χ1n) is 11.6. The summed E-state index contributed by atoms with van der Waals surface area (Å²) in [5, 5.41) is 0.547. The molecule has 36 heavy (non-hydrogen) atoms. The van der Waals surface area contributed by atoms with Gasteiger partial charge in [-0.2, -0.15) is 4.68 Å². The molecule has 1 atom stereocenters. The topological polar surface area (TPSA) is 123 Å². The fraction of sp³-hybridized carbons (Fsp3) is 0.360. The molecule has 0 amide bonds. The molecule has 1 aliphatic rings. The number of carbonyl (C=O) groups excluding carboxylic acids is 1. The summed E-state index contributed by atoms with van der Waals surface area (Å²) in [6, 6.07) is 13.9. The van der Waals surface area contributed by atoms with Crippen LogP contribution < -0.4 is 27.6 Å². The summed E-state index contributed by atoms with van der Waals surface area (Å²) >= 11 is 6.00. The number of nitrogens with zero attached hydrogens (tertiary/aromatic N) is 4. The normalized spacial score (nSPS) is 14.5. The number of halogens is 1. The minimum Gasteiger partial charge on any atom is -0.493 e. The summed E-state index contributed by atoms with van der Waals surface area (Å²) in [6.07, 6.45) is 2.39. The Balaban J connectivity index is 1.78. The minimum absolute atomic E-state index is 0.0476. The minimum atomic E-state index is -0.800. The molecule has 1 aromatic heterocycles. The van der Waals surface area contributed by atoms with Crippen LogP contribution in [0.25, 0.3) is 0 Å². The molecule has 2 N–H and O–H groups in total. The second-order valence-electron chi connectivity index (χ2n) is 8.84. The van der Waals surface area contributed by atoms with Gasteiger partial charge in [0.2, 0.25) is 5.62 Å². The van der Waals surface area contributed by atoms with Gasteiger partial charge >= 0.3 is 17.3 Å². The second kappa shape index (κ2) is 10.9. The third kappa shape index (κ3) is 5.88. The van der Waals surface area contributed by atoms with Crippen molar-refractivity contribution in [1.82, 2.24) is 13.8 Å². The van der Waals surface area contributed by atoms with Crippen molar-refractivity contribution in [2.45, 2.75) is 32.9 Å². The molecule has 1 saturated carbocycles. The summed E-state index contributed by atoms with van der Waals surface area (Å²) in [5.41, 5.74) is -0.277. The van der Waals surface area contributed by atoms with Gasteiger partial charge in [0.25, 0.3) is 0 Å². The van der Waals surface area contributed by atoms with Gasteiger partial charge in [0.1, 0.15) is 5.75 Å². The zero-order chi connectivity index (χ0) is 25.8. The summed E-state index contributed by atoms with van der Waals surface area (Å²) in [4.78, 5) is 43.0. The zero-order valence-electron chi connectivity index (χ0n) is 20.1.